The van der Waals surface area contributed by atoms with Crippen molar-refractivity contribution >= 4 is 33.8 Å². The molecule has 0 fully saturated rings. The third kappa shape index (κ3) is 3.84. The van der Waals surface area contributed by atoms with Crippen molar-refractivity contribution in [1.29, 1.82) is 0 Å². The molecule has 27 heavy (non-hydrogen) atoms. The SMILES string of the molecule is S=c1n(CNc2ccc(Br)cc2)nc(-c2ccncc2)n1-c1ccccc1. The predicted octanol–water partition coefficient (Wildman–Crippen LogP) is 5.30. The van der Waals surface area contributed by atoms with Gasteiger partial charge in [0.15, 0.2) is 5.82 Å². The maximum Gasteiger partial charge on any atom is 0.204 e. The average molecular weight is 438 g/mol. The molecule has 5 nitrogen and oxygen atoms in total. The van der Waals surface area contributed by atoms with Gasteiger partial charge in [-0.15, -0.1) is 5.10 Å². The van der Waals surface area contributed by atoms with Gasteiger partial charge in [-0.25, -0.2) is 4.68 Å². The second-order valence-electron chi connectivity index (χ2n) is 5.85. The minimum Gasteiger partial charge on any atom is -0.366 e. The molecule has 0 bridgehead atoms. The van der Waals surface area contributed by atoms with Crippen molar-refractivity contribution in [3.63, 3.8) is 0 Å². The molecule has 0 aliphatic heterocycles. The van der Waals surface area contributed by atoms with E-state index in [1.54, 1.807) is 17.1 Å². The van der Waals surface area contributed by atoms with Crippen LogP contribution in [0.15, 0.2) is 83.6 Å². The van der Waals surface area contributed by atoms with E-state index in [1.807, 2.05) is 71.3 Å². The summed E-state index contributed by atoms with van der Waals surface area (Å²) in [4.78, 5) is 4.10. The van der Waals surface area contributed by atoms with Crippen molar-refractivity contribution in [1.82, 2.24) is 19.3 Å². The van der Waals surface area contributed by atoms with Gasteiger partial charge in [0.05, 0.1) is 0 Å². The van der Waals surface area contributed by atoms with Gasteiger partial charge >= 0.3 is 0 Å². The van der Waals surface area contributed by atoms with E-state index in [0.29, 0.717) is 11.4 Å². The number of para-hydroxylation sites is 1. The normalized spacial score (nSPS) is 10.7. The maximum absolute atomic E-state index is 5.73. The number of rotatable bonds is 5. The molecule has 134 valence electrons. The van der Waals surface area contributed by atoms with Crippen LogP contribution in [0, 0.1) is 4.77 Å². The molecule has 1 N–H and O–H groups in total. The molecule has 2 aromatic heterocycles. The summed E-state index contributed by atoms with van der Waals surface area (Å²) in [6, 6.07) is 21.9. The van der Waals surface area contributed by atoms with E-state index in [-0.39, 0.29) is 0 Å². The smallest absolute Gasteiger partial charge is 0.204 e. The summed E-state index contributed by atoms with van der Waals surface area (Å²) in [5.41, 5.74) is 2.94. The highest BCUT2D eigenvalue weighted by Crippen LogP contribution is 2.22. The van der Waals surface area contributed by atoms with Crippen molar-refractivity contribution in [2.45, 2.75) is 6.67 Å². The molecule has 0 spiro atoms. The van der Waals surface area contributed by atoms with Gasteiger partial charge in [0.1, 0.15) is 6.67 Å². The summed E-state index contributed by atoms with van der Waals surface area (Å²) in [5.74, 6) is 0.784. The Morgan fingerprint density at radius 3 is 2.33 bits per heavy atom. The molecule has 0 saturated carbocycles. The number of anilines is 1. The molecule has 2 heterocycles. The zero-order valence-electron chi connectivity index (χ0n) is 14.3. The topological polar surface area (TPSA) is 47.7 Å². The molecule has 0 aliphatic rings. The number of nitrogens with zero attached hydrogens (tertiary/aromatic N) is 4. The zero-order valence-corrected chi connectivity index (χ0v) is 16.7. The van der Waals surface area contributed by atoms with Gasteiger partial charge in [-0.2, -0.15) is 0 Å². The molecule has 0 atom stereocenters. The van der Waals surface area contributed by atoms with Gasteiger partial charge in [0, 0.05) is 33.8 Å². The van der Waals surface area contributed by atoms with Gasteiger partial charge in [-0.3, -0.25) is 9.55 Å². The van der Waals surface area contributed by atoms with Crippen LogP contribution in [-0.2, 0) is 6.67 Å². The summed E-state index contributed by atoms with van der Waals surface area (Å²) >= 11 is 9.18. The standard InChI is InChI=1S/C20H16BrN5S/c21-16-6-8-17(9-7-16)23-14-25-20(27)26(18-4-2-1-3-5-18)19(24-25)15-10-12-22-13-11-15/h1-13,23H,14H2. The lowest BCUT2D eigenvalue weighted by Crippen LogP contribution is -2.10. The van der Waals surface area contributed by atoms with Crippen LogP contribution in [-0.4, -0.2) is 19.3 Å². The quantitative estimate of drug-likeness (QED) is 0.430. The molecule has 2 aromatic carbocycles. The van der Waals surface area contributed by atoms with Crippen molar-refractivity contribution < 1.29 is 0 Å². The second-order valence-corrected chi connectivity index (χ2v) is 7.14. The largest absolute Gasteiger partial charge is 0.366 e. The van der Waals surface area contributed by atoms with E-state index in [0.717, 1.165) is 27.2 Å². The van der Waals surface area contributed by atoms with Crippen LogP contribution in [0.3, 0.4) is 0 Å². The third-order valence-corrected chi connectivity index (χ3v) is 4.99. The number of hydrogen-bond donors (Lipinski definition) is 1. The number of halogens is 1. The Morgan fingerprint density at radius 1 is 0.926 bits per heavy atom. The minimum absolute atomic E-state index is 0.471. The number of hydrogen-bond acceptors (Lipinski definition) is 4. The van der Waals surface area contributed by atoms with Crippen LogP contribution < -0.4 is 5.32 Å². The fourth-order valence-electron chi connectivity index (χ4n) is 2.74. The maximum atomic E-state index is 5.73. The highest BCUT2D eigenvalue weighted by molar-refractivity contribution is 9.10. The van der Waals surface area contributed by atoms with Crippen LogP contribution >= 0.6 is 28.1 Å². The highest BCUT2D eigenvalue weighted by Gasteiger charge is 2.14. The van der Waals surface area contributed by atoms with Crippen LogP contribution in [0.2, 0.25) is 0 Å². The summed E-state index contributed by atoms with van der Waals surface area (Å²) in [6.45, 7) is 0.471. The molecule has 4 rings (SSSR count). The van der Waals surface area contributed by atoms with E-state index >= 15 is 0 Å². The van der Waals surface area contributed by atoms with Crippen molar-refractivity contribution in [3.8, 4) is 17.1 Å². The number of nitrogens with one attached hydrogen (secondary N) is 1. The minimum atomic E-state index is 0.471. The first-order valence-corrected chi connectivity index (χ1v) is 9.57. The number of benzene rings is 2. The van der Waals surface area contributed by atoms with Gasteiger partial charge in [0.2, 0.25) is 4.77 Å². The molecule has 0 unspecified atom stereocenters. The molecule has 7 heteroatoms. The van der Waals surface area contributed by atoms with E-state index in [9.17, 15) is 0 Å². The molecular formula is C20H16BrN5S. The van der Waals surface area contributed by atoms with E-state index in [1.165, 1.54) is 0 Å². The Hall–Kier alpha value is -2.77. The Balaban J connectivity index is 1.74. The van der Waals surface area contributed by atoms with E-state index in [4.69, 9.17) is 17.3 Å². The van der Waals surface area contributed by atoms with Gasteiger partial charge < -0.3 is 5.32 Å². The fraction of sp³-hybridized carbons (Fsp3) is 0.0500. The van der Waals surface area contributed by atoms with Crippen LogP contribution in [0.1, 0.15) is 0 Å². The van der Waals surface area contributed by atoms with Gasteiger partial charge in [0.25, 0.3) is 0 Å². The Labute approximate surface area is 170 Å². The highest BCUT2D eigenvalue weighted by atomic mass is 79.9. The summed E-state index contributed by atoms with van der Waals surface area (Å²) < 4.78 is 5.43. The Morgan fingerprint density at radius 2 is 1.63 bits per heavy atom. The number of aromatic nitrogens is 4. The van der Waals surface area contributed by atoms with Crippen LogP contribution in [0.4, 0.5) is 5.69 Å². The lowest BCUT2D eigenvalue weighted by atomic mass is 10.2. The zero-order chi connectivity index (χ0) is 18.6. The molecule has 4 aromatic rings. The van der Waals surface area contributed by atoms with Crippen LogP contribution in [0.25, 0.3) is 17.1 Å². The molecule has 0 saturated heterocycles. The fourth-order valence-corrected chi connectivity index (χ4v) is 3.30. The average Bonchev–Trinajstić information content (AvgIpc) is 3.05. The Kier molecular flexibility index (Phi) is 5.13. The van der Waals surface area contributed by atoms with Gasteiger partial charge in [-0.1, -0.05) is 34.1 Å². The van der Waals surface area contributed by atoms with Crippen LogP contribution in [0.5, 0.6) is 0 Å². The summed E-state index contributed by atoms with van der Waals surface area (Å²) in [6.07, 6.45) is 3.51. The summed E-state index contributed by atoms with van der Waals surface area (Å²) in [7, 11) is 0. The lowest BCUT2D eigenvalue weighted by molar-refractivity contribution is 0.656. The second kappa shape index (κ2) is 7.85. The summed E-state index contributed by atoms with van der Waals surface area (Å²) in [5, 5.41) is 8.12. The molecule has 0 amide bonds. The lowest BCUT2D eigenvalue weighted by Gasteiger charge is -2.07. The molecule has 0 aliphatic carbocycles. The molecule has 0 radical (unpaired) electrons. The van der Waals surface area contributed by atoms with E-state index < -0.39 is 0 Å². The van der Waals surface area contributed by atoms with E-state index in [2.05, 4.69) is 26.2 Å². The van der Waals surface area contributed by atoms with Crippen molar-refractivity contribution in [2.24, 2.45) is 0 Å². The van der Waals surface area contributed by atoms with Crippen molar-refractivity contribution in [2.75, 3.05) is 5.32 Å². The molecular weight excluding hydrogens is 422 g/mol. The third-order valence-electron chi connectivity index (χ3n) is 4.07. The Bertz CT molecular complexity index is 1090. The van der Waals surface area contributed by atoms with Crippen molar-refractivity contribution in [3.05, 3.63) is 88.4 Å². The first-order chi connectivity index (χ1) is 13.2. The first-order valence-electron chi connectivity index (χ1n) is 8.37. The first kappa shape index (κ1) is 17.6. The van der Waals surface area contributed by atoms with Gasteiger partial charge in [-0.05, 0) is 60.7 Å². The predicted molar refractivity (Wildman–Crippen MR) is 113 cm³/mol. The number of pyridine rings is 1. The monoisotopic (exact) mass is 437 g/mol.